The fourth-order valence-electron chi connectivity index (χ4n) is 1.78. The highest BCUT2D eigenvalue weighted by molar-refractivity contribution is 7.94. The molecular weight excluding hydrogens is 308 g/mol. The first kappa shape index (κ1) is 15.8. The first-order valence-electron chi connectivity index (χ1n) is 6.50. The number of nitrogens with one attached hydrogen (secondary N) is 2. The van der Waals surface area contributed by atoms with Gasteiger partial charge in [0.15, 0.2) is 0 Å². The highest BCUT2D eigenvalue weighted by atomic mass is 32.2. The SMILES string of the molecule is CCNCc1csc(S(=O)(=O)Nc2ccccc2OC)c1. The number of para-hydroxylation sites is 2. The van der Waals surface area contributed by atoms with E-state index in [9.17, 15) is 8.42 Å². The molecule has 0 aliphatic carbocycles. The lowest BCUT2D eigenvalue weighted by atomic mass is 10.3. The van der Waals surface area contributed by atoms with Gasteiger partial charge in [-0.3, -0.25) is 4.72 Å². The third-order valence-corrected chi connectivity index (χ3v) is 5.68. The Hall–Kier alpha value is -1.57. The zero-order chi connectivity index (χ0) is 15.3. The number of hydrogen-bond donors (Lipinski definition) is 2. The van der Waals surface area contributed by atoms with Crippen LogP contribution in [0.5, 0.6) is 5.75 Å². The molecule has 21 heavy (non-hydrogen) atoms. The summed E-state index contributed by atoms with van der Waals surface area (Å²) in [4.78, 5) is 0. The van der Waals surface area contributed by atoms with E-state index >= 15 is 0 Å². The van der Waals surface area contributed by atoms with Crippen LogP contribution in [-0.4, -0.2) is 22.1 Å². The van der Waals surface area contributed by atoms with Crippen LogP contribution in [0.4, 0.5) is 5.69 Å². The molecule has 2 aromatic rings. The molecular formula is C14H18N2O3S2. The lowest BCUT2D eigenvalue weighted by molar-refractivity contribution is 0.417. The van der Waals surface area contributed by atoms with Gasteiger partial charge in [0.25, 0.3) is 10.0 Å². The fourth-order valence-corrected chi connectivity index (χ4v) is 4.06. The normalized spacial score (nSPS) is 11.3. The monoisotopic (exact) mass is 326 g/mol. The predicted octanol–water partition coefficient (Wildman–Crippen LogP) is 2.67. The van der Waals surface area contributed by atoms with E-state index in [1.807, 2.05) is 12.3 Å². The summed E-state index contributed by atoms with van der Waals surface area (Å²) in [7, 11) is -2.08. The second-order valence-corrected chi connectivity index (χ2v) is 7.18. The molecule has 0 amide bonds. The molecule has 0 spiro atoms. The van der Waals surface area contributed by atoms with E-state index in [-0.39, 0.29) is 0 Å². The Morgan fingerprint density at radius 1 is 1.29 bits per heavy atom. The Morgan fingerprint density at radius 3 is 2.76 bits per heavy atom. The molecule has 2 N–H and O–H groups in total. The third-order valence-electron chi connectivity index (χ3n) is 2.82. The van der Waals surface area contributed by atoms with Crippen molar-refractivity contribution in [3.05, 3.63) is 41.3 Å². The van der Waals surface area contributed by atoms with Gasteiger partial charge in [-0.15, -0.1) is 11.3 Å². The topological polar surface area (TPSA) is 67.4 Å². The highest BCUT2D eigenvalue weighted by Gasteiger charge is 2.18. The third kappa shape index (κ3) is 3.96. The molecule has 5 nitrogen and oxygen atoms in total. The summed E-state index contributed by atoms with van der Waals surface area (Å²) in [5.74, 6) is 0.491. The number of rotatable bonds is 7. The quantitative estimate of drug-likeness (QED) is 0.821. The van der Waals surface area contributed by atoms with Crippen molar-refractivity contribution < 1.29 is 13.2 Å². The molecule has 0 aliphatic heterocycles. The van der Waals surface area contributed by atoms with Crippen LogP contribution in [0.3, 0.4) is 0 Å². The van der Waals surface area contributed by atoms with E-state index in [4.69, 9.17) is 4.74 Å². The van der Waals surface area contributed by atoms with Gasteiger partial charge in [-0.2, -0.15) is 0 Å². The van der Waals surface area contributed by atoms with Crippen LogP contribution < -0.4 is 14.8 Å². The van der Waals surface area contributed by atoms with Gasteiger partial charge in [0.2, 0.25) is 0 Å². The van der Waals surface area contributed by atoms with Crippen LogP contribution in [-0.2, 0) is 16.6 Å². The zero-order valence-corrected chi connectivity index (χ0v) is 13.6. The second kappa shape index (κ2) is 6.93. The molecule has 0 unspecified atom stereocenters. The van der Waals surface area contributed by atoms with Crippen molar-refractivity contribution in [3.63, 3.8) is 0 Å². The molecule has 114 valence electrons. The predicted molar refractivity (Wildman–Crippen MR) is 85.5 cm³/mol. The van der Waals surface area contributed by atoms with Crippen LogP contribution in [0.2, 0.25) is 0 Å². The Balaban J connectivity index is 2.20. The van der Waals surface area contributed by atoms with Crippen LogP contribution in [0, 0.1) is 0 Å². The van der Waals surface area contributed by atoms with Gasteiger partial charge in [-0.05, 0) is 35.7 Å². The smallest absolute Gasteiger partial charge is 0.271 e. The van der Waals surface area contributed by atoms with Crippen LogP contribution in [0.1, 0.15) is 12.5 Å². The van der Waals surface area contributed by atoms with E-state index in [2.05, 4.69) is 10.0 Å². The molecule has 0 atom stereocenters. The van der Waals surface area contributed by atoms with Crippen molar-refractivity contribution in [1.82, 2.24) is 5.32 Å². The van der Waals surface area contributed by atoms with Crippen molar-refractivity contribution >= 4 is 27.0 Å². The number of benzene rings is 1. The van der Waals surface area contributed by atoms with Crippen LogP contribution in [0.15, 0.2) is 39.9 Å². The summed E-state index contributed by atoms with van der Waals surface area (Å²) >= 11 is 1.21. The summed E-state index contributed by atoms with van der Waals surface area (Å²) in [5, 5.41) is 5.02. The van der Waals surface area contributed by atoms with Crippen LogP contribution in [0.25, 0.3) is 0 Å². The maximum absolute atomic E-state index is 12.4. The molecule has 0 saturated carbocycles. The Kier molecular flexibility index (Phi) is 5.22. The minimum absolute atomic E-state index is 0.293. The van der Waals surface area contributed by atoms with Gasteiger partial charge in [-0.25, -0.2) is 8.42 Å². The van der Waals surface area contributed by atoms with Gasteiger partial charge in [0, 0.05) is 6.54 Å². The number of hydrogen-bond acceptors (Lipinski definition) is 5. The molecule has 0 radical (unpaired) electrons. The molecule has 2 rings (SSSR count). The van der Waals surface area contributed by atoms with Crippen molar-refractivity contribution in [3.8, 4) is 5.75 Å². The van der Waals surface area contributed by atoms with Gasteiger partial charge in [0.05, 0.1) is 12.8 Å². The average molecular weight is 326 g/mol. The summed E-state index contributed by atoms with van der Waals surface area (Å²) in [6.45, 7) is 3.52. The van der Waals surface area contributed by atoms with Gasteiger partial charge in [0.1, 0.15) is 9.96 Å². The minimum atomic E-state index is -3.59. The molecule has 1 aromatic carbocycles. The first-order chi connectivity index (χ1) is 10.1. The Bertz CT molecular complexity index is 696. The largest absolute Gasteiger partial charge is 0.495 e. The number of methoxy groups -OCH3 is 1. The lowest BCUT2D eigenvalue weighted by Crippen LogP contribution is -2.13. The van der Waals surface area contributed by atoms with Gasteiger partial charge >= 0.3 is 0 Å². The van der Waals surface area contributed by atoms with E-state index in [1.54, 1.807) is 30.3 Å². The van der Waals surface area contributed by atoms with Crippen molar-refractivity contribution in [2.24, 2.45) is 0 Å². The van der Waals surface area contributed by atoms with Crippen molar-refractivity contribution in [2.75, 3.05) is 18.4 Å². The highest BCUT2D eigenvalue weighted by Crippen LogP contribution is 2.28. The standard InChI is InChI=1S/C14H18N2O3S2/c1-3-15-9-11-8-14(20-10-11)21(17,18)16-12-6-4-5-7-13(12)19-2/h4-8,10,15-16H,3,9H2,1-2H3. The van der Waals surface area contributed by atoms with E-state index in [1.165, 1.54) is 18.4 Å². The molecule has 0 fully saturated rings. The van der Waals surface area contributed by atoms with E-state index in [0.29, 0.717) is 22.2 Å². The van der Waals surface area contributed by atoms with Crippen LogP contribution >= 0.6 is 11.3 Å². The van der Waals surface area contributed by atoms with Gasteiger partial charge < -0.3 is 10.1 Å². The van der Waals surface area contributed by atoms with E-state index in [0.717, 1.165) is 12.1 Å². The number of ether oxygens (including phenoxy) is 1. The zero-order valence-electron chi connectivity index (χ0n) is 11.9. The second-order valence-electron chi connectivity index (χ2n) is 4.36. The molecule has 0 aliphatic rings. The van der Waals surface area contributed by atoms with Crippen molar-refractivity contribution in [1.29, 1.82) is 0 Å². The first-order valence-corrected chi connectivity index (χ1v) is 8.87. The molecule has 1 heterocycles. The molecule has 1 aromatic heterocycles. The molecule has 0 saturated heterocycles. The number of anilines is 1. The average Bonchev–Trinajstić information content (AvgIpc) is 2.95. The maximum atomic E-state index is 12.4. The van der Waals surface area contributed by atoms with Gasteiger partial charge in [-0.1, -0.05) is 19.1 Å². The fraction of sp³-hybridized carbons (Fsp3) is 0.286. The summed E-state index contributed by atoms with van der Waals surface area (Å²) in [6, 6.07) is 8.61. The summed E-state index contributed by atoms with van der Waals surface area (Å²) < 4.78 is 32.8. The Labute approximate surface area is 129 Å². The summed E-state index contributed by atoms with van der Waals surface area (Å²) in [5.41, 5.74) is 1.39. The molecule has 7 heteroatoms. The number of sulfonamides is 1. The van der Waals surface area contributed by atoms with Crippen molar-refractivity contribution in [2.45, 2.75) is 17.7 Å². The molecule has 0 bridgehead atoms. The summed E-state index contributed by atoms with van der Waals surface area (Å²) in [6.07, 6.45) is 0. The van der Waals surface area contributed by atoms with E-state index < -0.39 is 10.0 Å². The maximum Gasteiger partial charge on any atom is 0.271 e. The lowest BCUT2D eigenvalue weighted by Gasteiger charge is -2.10. The minimum Gasteiger partial charge on any atom is -0.495 e. The number of thiophene rings is 1. The Morgan fingerprint density at radius 2 is 2.05 bits per heavy atom.